The number of pyridine rings is 1. The summed E-state index contributed by atoms with van der Waals surface area (Å²) in [6.45, 7) is 3.89. The second-order valence-electron chi connectivity index (χ2n) is 3.43. The summed E-state index contributed by atoms with van der Waals surface area (Å²) in [6, 6.07) is 3.81. The zero-order chi connectivity index (χ0) is 11.5. The molecule has 0 amide bonds. The summed E-state index contributed by atoms with van der Waals surface area (Å²) in [6.07, 6.45) is 3.57. The van der Waals surface area contributed by atoms with Gasteiger partial charge in [-0.25, -0.2) is 15.0 Å². The van der Waals surface area contributed by atoms with Gasteiger partial charge in [-0.15, -0.1) is 0 Å². The Labute approximate surface area is 108 Å². The first-order valence-corrected chi connectivity index (χ1v) is 5.92. The lowest BCUT2D eigenvalue weighted by molar-refractivity contribution is 1.05. The molecule has 0 unspecified atom stereocenters. The van der Waals surface area contributed by atoms with Crippen molar-refractivity contribution in [2.24, 2.45) is 0 Å². The highest BCUT2D eigenvalue weighted by Crippen LogP contribution is 2.17. The summed E-state index contributed by atoms with van der Waals surface area (Å²) in [5.41, 5.74) is 1.17. The summed E-state index contributed by atoms with van der Waals surface area (Å²) in [7, 11) is 0. The van der Waals surface area contributed by atoms with Crippen molar-refractivity contribution >= 4 is 34.2 Å². The molecule has 2 aromatic rings. The monoisotopic (exact) mass is 326 g/mol. The van der Waals surface area contributed by atoms with Crippen molar-refractivity contribution in [3.8, 4) is 0 Å². The third-order valence-corrected chi connectivity index (χ3v) is 3.23. The van der Waals surface area contributed by atoms with E-state index in [9.17, 15) is 0 Å². The van der Waals surface area contributed by atoms with Crippen LogP contribution in [0.1, 0.15) is 11.4 Å². The number of nitrogens with one attached hydrogen (secondary N) is 1. The van der Waals surface area contributed by atoms with E-state index in [2.05, 4.69) is 42.9 Å². The quantitative estimate of drug-likeness (QED) is 0.863. The van der Waals surface area contributed by atoms with E-state index in [0.717, 1.165) is 17.5 Å². The van der Waals surface area contributed by atoms with E-state index in [0.29, 0.717) is 0 Å². The molecule has 2 aromatic heterocycles. The second kappa shape index (κ2) is 4.73. The average Bonchev–Trinajstić information content (AvgIpc) is 2.24. The highest BCUT2D eigenvalue weighted by Gasteiger charge is 2.00. The first-order valence-electron chi connectivity index (χ1n) is 4.84. The van der Waals surface area contributed by atoms with E-state index in [4.69, 9.17) is 0 Å². The molecule has 0 aliphatic heterocycles. The third-order valence-electron chi connectivity index (χ3n) is 2.07. The Bertz CT molecular complexity index is 513. The van der Waals surface area contributed by atoms with E-state index < -0.39 is 0 Å². The molecule has 0 radical (unpaired) electrons. The van der Waals surface area contributed by atoms with Gasteiger partial charge in [-0.3, -0.25) is 0 Å². The van der Waals surface area contributed by atoms with Gasteiger partial charge in [-0.1, -0.05) is 0 Å². The normalized spacial score (nSPS) is 10.2. The number of aryl methyl sites for hydroxylation is 2. The van der Waals surface area contributed by atoms with Crippen LogP contribution < -0.4 is 5.32 Å². The molecule has 0 spiro atoms. The lowest BCUT2D eigenvalue weighted by Crippen LogP contribution is -1.99. The van der Waals surface area contributed by atoms with Crippen molar-refractivity contribution in [2.75, 3.05) is 5.32 Å². The Balaban J connectivity index is 2.24. The van der Waals surface area contributed by atoms with E-state index >= 15 is 0 Å². The zero-order valence-electron chi connectivity index (χ0n) is 9.03. The minimum atomic E-state index is 0.742. The Morgan fingerprint density at radius 2 is 2.00 bits per heavy atom. The molecule has 0 aliphatic rings. The number of rotatable bonds is 2. The van der Waals surface area contributed by atoms with Gasteiger partial charge < -0.3 is 5.32 Å². The van der Waals surface area contributed by atoms with Crippen LogP contribution in [0.25, 0.3) is 0 Å². The number of halogens is 1. The molecule has 2 rings (SSSR count). The highest BCUT2D eigenvalue weighted by molar-refractivity contribution is 14.1. The Kier molecular flexibility index (Phi) is 3.33. The van der Waals surface area contributed by atoms with Crippen molar-refractivity contribution < 1.29 is 0 Å². The van der Waals surface area contributed by atoms with Crippen molar-refractivity contribution in [1.82, 2.24) is 15.0 Å². The van der Waals surface area contributed by atoms with Crippen LogP contribution in [0.2, 0.25) is 0 Å². The fourth-order valence-electron chi connectivity index (χ4n) is 1.22. The van der Waals surface area contributed by atoms with Crippen LogP contribution in [0.5, 0.6) is 0 Å². The van der Waals surface area contributed by atoms with Gasteiger partial charge in [-0.2, -0.15) is 0 Å². The first-order chi connectivity index (χ1) is 7.65. The molecule has 4 nitrogen and oxygen atoms in total. The minimum absolute atomic E-state index is 0.742. The summed E-state index contributed by atoms with van der Waals surface area (Å²) < 4.78 is 1.18. The molecule has 0 aromatic carbocycles. The molecule has 82 valence electrons. The smallest absolute Gasteiger partial charge is 0.135 e. The van der Waals surface area contributed by atoms with Crippen LogP contribution in [-0.4, -0.2) is 15.0 Å². The number of hydrogen-bond donors (Lipinski definition) is 1. The highest BCUT2D eigenvalue weighted by atomic mass is 127. The summed E-state index contributed by atoms with van der Waals surface area (Å²) in [4.78, 5) is 12.6. The molecule has 2 heterocycles. The SMILES string of the molecule is Cc1nccc(Nc2cc(I)c(C)cn2)n1. The standard InChI is InChI=1S/C11H11IN4/c1-7-6-14-11(5-9(7)12)16-10-3-4-13-8(2)15-10/h3-6H,1-2H3,(H,13,14,15,16). The predicted molar refractivity (Wildman–Crippen MR) is 71.7 cm³/mol. The van der Waals surface area contributed by atoms with Gasteiger partial charge in [0.1, 0.15) is 17.5 Å². The van der Waals surface area contributed by atoms with Crippen LogP contribution in [0, 0.1) is 17.4 Å². The van der Waals surface area contributed by atoms with Gasteiger partial charge in [0.05, 0.1) is 0 Å². The molecule has 0 aliphatic carbocycles. The summed E-state index contributed by atoms with van der Waals surface area (Å²) in [5.74, 6) is 2.31. The topological polar surface area (TPSA) is 50.7 Å². The molecule has 0 saturated heterocycles. The third kappa shape index (κ3) is 2.66. The lowest BCUT2D eigenvalue weighted by atomic mass is 10.3. The van der Waals surface area contributed by atoms with Gasteiger partial charge in [0, 0.05) is 16.0 Å². The Morgan fingerprint density at radius 1 is 1.19 bits per heavy atom. The van der Waals surface area contributed by atoms with Gasteiger partial charge in [0.2, 0.25) is 0 Å². The lowest BCUT2D eigenvalue weighted by Gasteiger charge is -2.06. The van der Waals surface area contributed by atoms with Crippen LogP contribution >= 0.6 is 22.6 Å². The molecule has 0 fully saturated rings. The number of anilines is 2. The number of aromatic nitrogens is 3. The minimum Gasteiger partial charge on any atom is -0.325 e. The maximum Gasteiger partial charge on any atom is 0.135 e. The molecule has 5 heteroatoms. The maximum absolute atomic E-state index is 4.29. The van der Waals surface area contributed by atoms with Crippen LogP contribution in [0.15, 0.2) is 24.5 Å². The maximum atomic E-state index is 4.29. The van der Waals surface area contributed by atoms with Gasteiger partial charge >= 0.3 is 0 Å². The molecule has 0 atom stereocenters. The molecule has 16 heavy (non-hydrogen) atoms. The van der Waals surface area contributed by atoms with E-state index in [1.807, 2.05) is 32.2 Å². The van der Waals surface area contributed by atoms with Crippen LogP contribution in [0.3, 0.4) is 0 Å². The zero-order valence-corrected chi connectivity index (χ0v) is 11.2. The fraction of sp³-hybridized carbons (Fsp3) is 0.182. The predicted octanol–water partition coefficient (Wildman–Crippen LogP) is 2.84. The largest absolute Gasteiger partial charge is 0.325 e. The van der Waals surface area contributed by atoms with E-state index in [1.54, 1.807) is 6.20 Å². The van der Waals surface area contributed by atoms with Crippen LogP contribution in [0.4, 0.5) is 11.6 Å². The first kappa shape index (κ1) is 11.3. The van der Waals surface area contributed by atoms with Gasteiger partial charge in [0.25, 0.3) is 0 Å². The molecular formula is C11H11IN4. The summed E-state index contributed by atoms with van der Waals surface area (Å²) >= 11 is 2.29. The van der Waals surface area contributed by atoms with Gasteiger partial charge in [0.15, 0.2) is 0 Å². The van der Waals surface area contributed by atoms with E-state index in [-0.39, 0.29) is 0 Å². The van der Waals surface area contributed by atoms with Gasteiger partial charge in [-0.05, 0) is 54.1 Å². The van der Waals surface area contributed by atoms with E-state index in [1.165, 1.54) is 9.13 Å². The van der Waals surface area contributed by atoms with Crippen molar-refractivity contribution in [3.05, 3.63) is 39.5 Å². The summed E-state index contributed by atoms with van der Waals surface area (Å²) in [5, 5.41) is 3.15. The molecule has 1 N–H and O–H groups in total. The Hall–Kier alpha value is -1.24. The van der Waals surface area contributed by atoms with Crippen molar-refractivity contribution in [1.29, 1.82) is 0 Å². The van der Waals surface area contributed by atoms with Crippen LogP contribution in [-0.2, 0) is 0 Å². The molecular weight excluding hydrogens is 315 g/mol. The van der Waals surface area contributed by atoms with Crippen molar-refractivity contribution in [2.45, 2.75) is 13.8 Å². The number of hydrogen-bond acceptors (Lipinski definition) is 4. The average molecular weight is 326 g/mol. The van der Waals surface area contributed by atoms with Crippen molar-refractivity contribution in [3.63, 3.8) is 0 Å². The molecule has 0 saturated carbocycles. The Morgan fingerprint density at radius 3 is 2.69 bits per heavy atom. The number of nitrogens with zero attached hydrogens (tertiary/aromatic N) is 3. The molecule has 0 bridgehead atoms. The fourth-order valence-corrected chi connectivity index (χ4v) is 1.66. The second-order valence-corrected chi connectivity index (χ2v) is 4.60.